The summed E-state index contributed by atoms with van der Waals surface area (Å²) in [5, 5.41) is 10.3. The van der Waals surface area contributed by atoms with Crippen LogP contribution in [0.25, 0.3) is 0 Å². The molecule has 1 saturated heterocycles. The molecule has 1 N–H and O–H groups in total. The highest BCUT2D eigenvalue weighted by molar-refractivity contribution is 7.90. The summed E-state index contributed by atoms with van der Waals surface area (Å²) in [5.41, 5.74) is 0.834. The largest absolute Gasteiger partial charge is 0.361 e. The summed E-state index contributed by atoms with van der Waals surface area (Å²) < 4.78 is 28.4. The van der Waals surface area contributed by atoms with Crippen molar-refractivity contribution in [1.29, 1.82) is 0 Å². The van der Waals surface area contributed by atoms with Crippen molar-refractivity contribution in [3.63, 3.8) is 0 Å². The highest BCUT2D eigenvalue weighted by Crippen LogP contribution is 2.30. The second-order valence-corrected chi connectivity index (χ2v) is 7.46. The Kier molecular flexibility index (Phi) is 3.51. The highest BCUT2D eigenvalue weighted by atomic mass is 32.2. The fourth-order valence-electron chi connectivity index (χ4n) is 2.68. The molecule has 3 heterocycles. The Hall–Kier alpha value is -2.16. The predicted octanol–water partition coefficient (Wildman–Crippen LogP) is 0.739. The van der Waals surface area contributed by atoms with Crippen molar-refractivity contribution in [3.05, 3.63) is 29.4 Å². The second kappa shape index (κ2) is 5.24. The molecule has 1 aliphatic rings. The Labute approximate surface area is 127 Å². The van der Waals surface area contributed by atoms with Gasteiger partial charge in [-0.2, -0.15) is 5.10 Å². The molecular weight excluding hydrogens is 308 g/mol. The molecule has 8 nitrogen and oxygen atoms in total. The Bertz CT molecular complexity index is 808. The summed E-state index contributed by atoms with van der Waals surface area (Å²) in [7, 11) is -3.34. The molecule has 1 unspecified atom stereocenters. The van der Waals surface area contributed by atoms with E-state index in [-0.39, 0.29) is 22.4 Å². The molecule has 1 amide bonds. The van der Waals surface area contributed by atoms with Gasteiger partial charge in [0.05, 0.1) is 11.9 Å². The number of aromatic amines is 1. The number of carbonyl (C=O) groups is 1. The lowest BCUT2D eigenvalue weighted by atomic mass is 10.1. The number of sulfone groups is 1. The second-order valence-electron chi connectivity index (χ2n) is 5.48. The molecule has 0 saturated carbocycles. The van der Waals surface area contributed by atoms with Crippen LogP contribution in [0.4, 0.5) is 0 Å². The van der Waals surface area contributed by atoms with Gasteiger partial charge < -0.3 is 9.42 Å². The van der Waals surface area contributed by atoms with Gasteiger partial charge in [-0.25, -0.2) is 8.42 Å². The third-order valence-corrected chi connectivity index (χ3v) is 4.89. The first-order chi connectivity index (χ1) is 10.4. The van der Waals surface area contributed by atoms with E-state index in [0.29, 0.717) is 31.0 Å². The molecule has 2 aromatic heterocycles. The third kappa shape index (κ3) is 2.63. The number of hydrogen-bond acceptors (Lipinski definition) is 6. The molecule has 1 atom stereocenters. The first-order valence-electron chi connectivity index (χ1n) is 6.82. The molecule has 0 bridgehead atoms. The van der Waals surface area contributed by atoms with E-state index in [4.69, 9.17) is 4.52 Å². The van der Waals surface area contributed by atoms with Crippen molar-refractivity contribution < 1.29 is 17.7 Å². The standard InChI is InChI=1S/C13H16N4O4S/c1-8-5-10(16-21-8)13(18)17-4-3-9(7-17)12-11(6-14-15-12)22(2,19)20/h5-6,9H,3-4,7H2,1-2H3,(H,14,15). The van der Waals surface area contributed by atoms with Gasteiger partial charge in [-0.1, -0.05) is 5.16 Å². The first kappa shape index (κ1) is 14.8. The Morgan fingerprint density at radius 1 is 1.50 bits per heavy atom. The molecule has 0 aliphatic carbocycles. The number of carbonyl (C=O) groups excluding carboxylic acids is 1. The summed E-state index contributed by atoms with van der Waals surface area (Å²) in [5.74, 6) is 0.288. The van der Waals surface area contributed by atoms with E-state index in [1.807, 2.05) is 0 Å². The van der Waals surface area contributed by atoms with Crippen LogP contribution in [0.15, 0.2) is 21.7 Å². The lowest BCUT2D eigenvalue weighted by Gasteiger charge is -2.14. The highest BCUT2D eigenvalue weighted by Gasteiger charge is 2.33. The SMILES string of the molecule is Cc1cc(C(=O)N2CCC(c3[nH]ncc3S(C)(=O)=O)C2)no1. The molecule has 22 heavy (non-hydrogen) atoms. The van der Waals surface area contributed by atoms with Crippen LogP contribution < -0.4 is 0 Å². The number of H-pyrrole nitrogens is 1. The summed E-state index contributed by atoms with van der Waals surface area (Å²) in [4.78, 5) is 14.2. The maximum atomic E-state index is 12.3. The lowest BCUT2D eigenvalue weighted by molar-refractivity contribution is 0.0780. The molecular formula is C13H16N4O4S. The van der Waals surface area contributed by atoms with Crippen LogP contribution in [0, 0.1) is 6.92 Å². The summed E-state index contributed by atoms with van der Waals surface area (Å²) in [6.07, 6.45) is 3.14. The predicted molar refractivity (Wildman–Crippen MR) is 76.2 cm³/mol. The van der Waals surface area contributed by atoms with Gasteiger partial charge in [-0.15, -0.1) is 0 Å². The van der Waals surface area contributed by atoms with Crippen LogP contribution in [0.3, 0.4) is 0 Å². The molecule has 118 valence electrons. The summed E-state index contributed by atoms with van der Waals surface area (Å²) >= 11 is 0. The van der Waals surface area contributed by atoms with Gasteiger partial charge in [0.1, 0.15) is 10.7 Å². The van der Waals surface area contributed by atoms with Gasteiger partial charge in [0.15, 0.2) is 15.5 Å². The van der Waals surface area contributed by atoms with E-state index in [1.165, 1.54) is 6.20 Å². The zero-order chi connectivity index (χ0) is 15.9. The number of rotatable bonds is 3. The lowest BCUT2D eigenvalue weighted by Crippen LogP contribution is -2.28. The maximum Gasteiger partial charge on any atom is 0.276 e. The number of aryl methyl sites for hydroxylation is 1. The van der Waals surface area contributed by atoms with Crippen molar-refractivity contribution in [2.75, 3.05) is 19.3 Å². The number of amides is 1. The average Bonchev–Trinajstić information content (AvgIpc) is 3.16. The molecule has 3 rings (SSSR count). The van der Waals surface area contributed by atoms with Gasteiger partial charge in [0.2, 0.25) is 0 Å². The molecule has 0 radical (unpaired) electrons. The van der Waals surface area contributed by atoms with Crippen LogP contribution in [-0.4, -0.2) is 53.9 Å². The van der Waals surface area contributed by atoms with Gasteiger partial charge in [0, 0.05) is 31.3 Å². The van der Waals surface area contributed by atoms with Gasteiger partial charge in [0.25, 0.3) is 5.91 Å². The van der Waals surface area contributed by atoms with Crippen molar-refractivity contribution in [3.8, 4) is 0 Å². The van der Waals surface area contributed by atoms with Crippen molar-refractivity contribution >= 4 is 15.7 Å². The fourth-order valence-corrected chi connectivity index (χ4v) is 3.54. The Morgan fingerprint density at radius 2 is 2.27 bits per heavy atom. The smallest absolute Gasteiger partial charge is 0.276 e. The van der Waals surface area contributed by atoms with Gasteiger partial charge in [-0.05, 0) is 13.3 Å². The van der Waals surface area contributed by atoms with E-state index in [0.717, 1.165) is 6.26 Å². The van der Waals surface area contributed by atoms with Crippen LogP contribution in [0.1, 0.15) is 34.3 Å². The van der Waals surface area contributed by atoms with Gasteiger partial charge in [-0.3, -0.25) is 9.89 Å². The molecule has 9 heteroatoms. The monoisotopic (exact) mass is 324 g/mol. The molecule has 0 spiro atoms. The number of nitrogens with one attached hydrogen (secondary N) is 1. The Morgan fingerprint density at radius 3 is 2.91 bits per heavy atom. The van der Waals surface area contributed by atoms with Crippen molar-refractivity contribution in [1.82, 2.24) is 20.3 Å². The zero-order valence-electron chi connectivity index (χ0n) is 12.2. The summed E-state index contributed by atoms with van der Waals surface area (Å²) in [6, 6.07) is 1.59. The first-order valence-corrected chi connectivity index (χ1v) is 8.71. The molecule has 2 aromatic rings. The molecule has 0 aromatic carbocycles. The van der Waals surface area contributed by atoms with E-state index >= 15 is 0 Å². The van der Waals surface area contributed by atoms with Crippen molar-refractivity contribution in [2.45, 2.75) is 24.2 Å². The van der Waals surface area contributed by atoms with Crippen LogP contribution in [0.2, 0.25) is 0 Å². The van der Waals surface area contributed by atoms with E-state index in [2.05, 4.69) is 15.4 Å². The zero-order valence-corrected chi connectivity index (χ0v) is 13.1. The molecule has 1 aliphatic heterocycles. The quantitative estimate of drug-likeness (QED) is 0.892. The minimum atomic E-state index is -3.34. The van der Waals surface area contributed by atoms with Crippen LogP contribution in [-0.2, 0) is 9.84 Å². The van der Waals surface area contributed by atoms with Gasteiger partial charge >= 0.3 is 0 Å². The van der Waals surface area contributed by atoms with Crippen LogP contribution >= 0.6 is 0 Å². The summed E-state index contributed by atoms with van der Waals surface area (Å²) in [6.45, 7) is 2.69. The van der Waals surface area contributed by atoms with Crippen LogP contribution in [0.5, 0.6) is 0 Å². The topological polar surface area (TPSA) is 109 Å². The van der Waals surface area contributed by atoms with E-state index in [9.17, 15) is 13.2 Å². The Balaban J connectivity index is 1.78. The molecule has 1 fully saturated rings. The number of nitrogens with zero attached hydrogens (tertiary/aromatic N) is 3. The minimum Gasteiger partial charge on any atom is -0.361 e. The minimum absolute atomic E-state index is 0.0795. The average molecular weight is 324 g/mol. The fraction of sp³-hybridized carbons (Fsp3) is 0.462. The number of hydrogen-bond donors (Lipinski definition) is 1. The number of aromatic nitrogens is 3. The van der Waals surface area contributed by atoms with E-state index in [1.54, 1.807) is 17.9 Å². The third-order valence-electron chi connectivity index (χ3n) is 3.76. The number of likely N-dealkylation sites (tertiary alicyclic amines) is 1. The normalized spacial score (nSPS) is 18.8. The van der Waals surface area contributed by atoms with E-state index < -0.39 is 9.84 Å². The maximum absolute atomic E-state index is 12.3. The van der Waals surface area contributed by atoms with Crippen molar-refractivity contribution in [2.24, 2.45) is 0 Å².